The van der Waals surface area contributed by atoms with E-state index in [0.29, 0.717) is 22.4 Å². The van der Waals surface area contributed by atoms with Crippen molar-refractivity contribution < 1.29 is 24.2 Å². The van der Waals surface area contributed by atoms with E-state index in [1.54, 1.807) is 30.3 Å². The molecule has 1 spiro atoms. The van der Waals surface area contributed by atoms with Crippen molar-refractivity contribution in [3.8, 4) is 17.6 Å². The molecule has 0 aromatic heterocycles. The summed E-state index contributed by atoms with van der Waals surface area (Å²) in [4.78, 5) is 46.5. The van der Waals surface area contributed by atoms with Crippen LogP contribution in [-0.4, -0.2) is 40.4 Å². The Morgan fingerprint density at radius 1 is 0.923 bits per heavy atom. The maximum absolute atomic E-state index is 15.1. The van der Waals surface area contributed by atoms with E-state index in [2.05, 4.69) is 35.1 Å². The van der Waals surface area contributed by atoms with Gasteiger partial charge in [-0.15, -0.1) is 6.58 Å². The average molecular weight is 690 g/mol. The number of carbonyl (C=O) groups excluding carboxylic acids is 3. The molecule has 4 aromatic rings. The highest BCUT2D eigenvalue weighted by molar-refractivity contribution is 6.12. The number of hydrogen-bond acceptors (Lipinski definition) is 6. The minimum Gasteiger partial charge on any atom is -0.508 e. The van der Waals surface area contributed by atoms with E-state index in [1.807, 2.05) is 83.8 Å². The quantitative estimate of drug-likeness (QED) is 0.117. The monoisotopic (exact) mass is 689 g/mol. The molecule has 0 saturated carbocycles. The van der Waals surface area contributed by atoms with Crippen LogP contribution in [0.4, 0.5) is 5.69 Å². The first kappa shape index (κ1) is 33.2. The molecule has 8 rings (SSSR count). The molecule has 6 atom stereocenters. The molecule has 0 unspecified atom stereocenters. The zero-order chi connectivity index (χ0) is 35.8. The molecule has 52 heavy (non-hydrogen) atoms. The number of cyclic esters (lactones) is 1. The number of nitrogens with one attached hydrogen (secondary N) is 2. The number of phenols is 1. The molecular formula is C44H39N3O5. The van der Waals surface area contributed by atoms with E-state index in [1.165, 1.54) is 0 Å². The molecular weight excluding hydrogens is 650 g/mol. The number of nitrogens with zero attached hydrogens (tertiary/aromatic N) is 1. The average Bonchev–Trinajstić information content (AvgIpc) is 3.66. The highest BCUT2D eigenvalue weighted by Gasteiger charge is 2.74. The summed E-state index contributed by atoms with van der Waals surface area (Å²) in [5.41, 5.74) is 3.64. The lowest BCUT2D eigenvalue weighted by Gasteiger charge is -2.46. The van der Waals surface area contributed by atoms with Gasteiger partial charge in [-0.05, 0) is 83.8 Å². The van der Waals surface area contributed by atoms with Crippen LogP contribution in [-0.2, 0) is 24.5 Å². The Kier molecular flexibility index (Phi) is 8.74. The fourth-order valence-electron chi connectivity index (χ4n) is 8.71. The van der Waals surface area contributed by atoms with Crippen LogP contribution in [0, 0.1) is 17.8 Å². The topological polar surface area (TPSA) is 108 Å². The SMILES string of the molecule is C=CCNC(=O)[C@@H]1[C@H]2C(=O)O[C@H](c3ccccc3)[C@H](c3ccccc3)N2[C@H](c2ccc(O)cc2)[C@@]12C(=O)Nc1ccc(C#CC3=CCCCC3)cc12. The molecule has 4 aromatic carbocycles. The third kappa shape index (κ3) is 5.49. The number of hydrogen-bond donors (Lipinski definition) is 3. The molecule has 3 aliphatic heterocycles. The Morgan fingerprint density at radius 3 is 2.35 bits per heavy atom. The fourth-order valence-corrected chi connectivity index (χ4v) is 8.71. The van der Waals surface area contributed by atoms with Crippen LogP contribution in [0.1, 0.15) is 71.7 Å². The number of allylic oxidation sites excluding steroid dienone is 2. The number of morpholine rings is 1. The molecule has 2 fully saturated rings. The lowest BCUT2D eigenvalue weighted by Crippen LogP contribution is -2.54. The van der Waals surface area contributed by atoms with Crippen molar-refractivity contribution in [1.82, 2.24) is 10.2 Å². The molecule has 0 bridgehead atoms. The molecule has 0 radical (unpaired) electrons. The van der Waals surface area contributed by atoms with E-state index >= 15 is 4.79 Å². The first-order chi connectivity index (χ1) is 25.4. The molecule has 260 valence electrons. The Bertz CT molecular complexity index is 2140. The lowest BCUT2D eigenvalue weighted by molar-refractivity contribution is -0.178. The molecule has 1 aliphatic carbocycles. The van der Waals surface area contributed by atoms with Gasteiger partial charge in [0.15, 0.2) is 0 Å². The maximum Gasteiger partial charge on any atom is 0.324 e. The normalized spacial score (nSPS) is 26.2. The molecule has 8 heteroatoms. The van der Waals surface area contributed by atoms with E-state index in [-0.39, 0.29) is 12.3 Å². The van der Waals surface area contributed by atoms with Gasteiger partial charge in [0.05, 0.1) is 18.0 Å². The third-order valence-corrected chi connectivity index (χ3v) is 10.9. The number of amides is 2. The Hall–Kier alpha value is -5.91. The number of ether oxygens (including phenoxy) is 1. The highest BCUT2D eigenvalue weighted by atomic mass is 16.6. The number of fused-ring (bicyclic) bond motifs is 3. The predicted molar refractivity (Wildman–Crippen MR) is 198 cm³/mol. The predicted octanol–water partition coefficient (Wildman–Crippen LogP) is 6.82. The van der Waals surface area contributed by atoms with Crippen molar-refractivity contribution in [2.45, 2.75) is 55.3 Å². The third-order valence-electron chi connectivity index (χ3n) is 10.9. The standard InChI is InChI=1S/C44H39N3O5/c1-2-26-45-41(49)36-38-42(50)52-39(31-16-10-5-11-17-31)37(30-14-8-4-9-15-30)47(38)40(32-21-23-33(48)24-22-32)44(36)34-27-29(20-25-35(34)46-43(44)51)19-18-28-12-6-3-7-13-28/h2,4-5,8-12,14-17,20-25,27,36-40,48H,1,3,6-7,13,26H2,(H,45,49)(H,46,51)/t36-,37-,38-,39+,40+,44-/m0/s1. The summed E-state index contributed by atoms with van der Waals surface area (Å²) in [6, 6.07) is 29.0. The summed E-state index contributed by atoms with van der Waals surface area (Å²) in [6.45, 7) is 3.93. The van der Waals surface area contributed by atoms with Crippen molar-refractivity contribution >= 4 is 23.5 Å². The van der Waals surface area contributed by atoms with Gasteiger partial charge in [0.2, 0.25) is 11.8 Å². The molecule has 4 aliphatic rings. The van der Waals surface area contributed by atoms with Crippen LogP contribution >= 0.6 is 0 Å². The first-order valence-electron chi connectivity index (χ1n) is 17.8. The van der Waals surface area contributed by atoms with Gasteiger partial charge in [-0.25, -0.2) is 0 Å². The second kappa shape index (κ2) is 13.7. The van der Waals surface area contributed by atoms with Crippen LogP contribution in [0.3, 0.4) is 0 Å². The van der Waals surface area contributed by atoms with Crippen molar-refractivity contribution in [3.63, 3.8) is 0 Å². The summed E-state index contributed by atoms with van der Waals surface area (Å²) in [5, 5.41) is 16.5. The molecule has 3 N–H and O–H groups in total. The minimum absolute atomic E-state index is 0.0540. The Morgan fingerprint density at radius 2 is 1.65 bits per heavy atom. The number of anilines is 1. The molecule has 2 amide bonds. The Labute approximate surface area is 303 Å². The number of esters is 1. The van der Waals surface area contributed by atoms with Crippen molar-refractivity contribution in [2.75, 3.05) is 11.9 Å². The first-order valence-corrected chi connectivity index (χ1v) is 17.8. The molecule has 3 heterocycles. The van der Waals surface area contributed by atoms with E-state index < -0.39 is 53.3 Å². The van der Waals surface area contributed by atoms with E-state index in [9.17, 15) is 14.7 Å². The number of benzene rings is 4. The lowest BCUT2D eigenvalue weighted by atomic mass is 9.65. The van der Waals surface area contributed by atoms with Crippen molar-refractivity contribution in [1.29, 1.82) is 0 Å². The van der Waals surface area contributed by atoms with Gasteiger partial charge in [0, 0.05) is 17.8 Å². The summed E-state index contributed by atoms with van der Waals surface area (Å²) < 4.78 is 6.42. The molecule has 8 nitrogen and oxygen atoms in total. The van der Waals surface area contributed by atoms with Crippen LogP contribution in [0.25, 0.3) is 0 Å². The second-order valence-electron chi connectivity index (χ2n) is 13.8. The van der Waals surface area contributed by atoms with Gasteiger partial charge in [0.25, 0.3) is 0 Å². The van der Waals surface area contributed by atoms with Gasteiger partial charge in [-0.2, -0.15) is 0 Å². The van der Waals surface area contributed by atoms with Gasteiger partial charge in [-0.3, -0.25) is 19.3 Å². The van der Waals surface area contributed by atoms with Crippen LogP contribution in [0.15, 0.2) is 127 Å². The zero-order valence-corrected chi connectivity index (χ0v) is 28.6. The second-order valence-corrected chi connectivity index (χ2v) is 13.8. The van der Waals surface area contributed by atoms with Gasteiger partial charge in [-0.1, -0.05) is 96.8 Å². The highest BCUT2D eigenvalue weighted by Crippen LogP contribution is 2.64. The van der Waals surface area contributed by atoms with Crippen LogP contribution in [0.5, 0.6) is 5.75 Å². The van der Waals surface area contributed by atoms with Crippen molar-refractivity contribution in [3.05, 3.63) is 155 Å². The van der Waals surface area contributed by atoms with Crippen molar-refractivity contribution in [2.24, 2.45) is 5.92 Å². The minimum atomic E-state index is -1.61. The number of rotatable bonds is 6. The smallest absolute Gasteiger partial charge is 0.324 e. The largest absolute Gasteiger partial charge is 0.508 e. The number of phenolic OH excluding ortho intramolecular Hbond substituents is 1. The molecule has 2 saturated heterocycles. The van der Waals surface area contributed by atoms with E-state index in [4.69, 9.17) is 4.74 Å². The fraction of sp³-hybridized carbons (Fsp3) is 0.250. The van der Waals surface area contributed by atoms with Gasteiger partial charge in [0.1, 0.15) is 23.3 Å². The number of aromatic hydroxyl groups is 1. The maximum atomic E-state index is 15.1. The van der Waals surface area contributed by atoms with Crippen LogP contribution in [0.2, 0.25) is 0 Å². The summed E-state index contributed by atoms with van der Waals surface area (Å²) in [6.07, 6.45) is 7.19. The Balaban J connectivity index is 1.41. The van der Waals surface area contributed by atoms with Crippen LogP contribution < -0.4 is 10.6 Å². The van der Waals surface area contributed by atoms with Gasteiger partial charge < -0.3 is 20.5 Å². The summed E-state index contributed by atoms with van der Waals surface area (Å²) in [5.74, 6) is 4.05. The van der Waals surface area contributed by atoms with Gasteiger partial charge >= 0.3 is 5.97 Å². The summed E-state index contributed by atoms with van der Waals surface area (Å²) >= 11 is 0. The number of carbonyl (C=O) groups is 3. The summed E-state index contributed by atoms with van der Waals surface area (Å²) in [7, 11) is 0. The van der Waals surface area contributed by atoms with E-state index in [0.717, 1.165) is 42.4 Å². The zero-order valence-electron chi connectivity index (χ0n) is 28.6.